The van der Waals surface area contributed by atoms with Gasteiger partial charge in [0.1, 0.15) is 6.33 Å². The van der Waals surface area contributed by atoms with Crippen molar-refractivity contribution in [3.8, 4) is 17.3 Å². The van der Waals surface area contributed by atoms with Gasteiger partial charge in [0.2, 0.25) is 0 Å². The van der Waals surface area contributed by atoms with E-state index in [-0.39, 0.29) is 13.2 Å². The highest BCUT2D eigenvalue weighted by molar-refractivity contribution is 5.72. The summed E-state index contributed by atoms with van der Waals surface area (Å²) in [7, 11) is 0. The maximum absolute atomic E-state index is 9.50. The zero-order valence-electron chi connectivity index (χ0n) is 13.1. The van der Waals surface area contributed by atoms with Gasteiger partial charge in [-0.25, -0.2) is 9.50 Å². The van der Waals surface area contributed by atoms with Crippen LogP contribution in [0.1, 0.15) is 11.1 Å². The second-order valence-corrected chi connectivity index (χ2v) is 5.52. The number of aliphatic hydroxyl groups excluding tert-OH is 2. The summed E-state index contributed by atoms with van der Waals surface area (Å²) >= 11 is 0. The van der Waals surface area contributed by atoms with Crippen LogP contribution in [-0.2, 0) is 0 Å². The van der Waals surface area contributed by atoms with Crippen LogP contribution in [-0.4, -0.2) is 44.1 Å². The molecular formula is C17H17N5O2. The highest BCUT2D eigenvalue weighted by Gasteiger charge is 2.12. The molecule has 0 aliphatic rings. The summed E-state index contributed by atoms with van der Waals surface area (Å²) in [5, 5.41) is 34.8. The average molecular weight is 323 g/mol. The van der Waals surface area contributed by atoms with E-state index in [0.29, 0.717) is 11.2 Å². The Bertz CT molecular complexity index is 913. The number of aromatic nitrogens is 3. The fourth-order valence-electron chi connectivity index (χ4n) is 2.54. The van der Waals surface area contributed by atoms with Crippen molar-refractivity contribution in [1.29, 1.82) is 5.26 Å². The van der Waals surface area contributed by atoms with Gasteiger partial charge in [-0.3, -0.25) is 0 Å². The van der Waals surface area contributed by atoms with Crippen molar-refractivity contribution < 1.29 is 10.2 Å². The van der Waals surface area contributed by atoms with Crippen LogP contribution >= 0.6 is 0 Å². The molecule has 1 unspecified atom stereocenters. The molecule has 0 spiro atoms. The van der Waals surface area contributed by atoms with Gasteiger partial charge >= 0.3 is 0 Å². The molecule has 24 heavy (non-hydrogen) atoms. The molecule has 0 radical (unpaired) electrons. The number of fused-ring (bicyclic) bond motifs is 1. The first kappa shape index (κ1) is 15.9. The summed E-state index contributed by atoms with van der Waals surface area (Å²) in [6.07, 6.45) is 0.642. The van der Waals surface area contributed by atoms with E-state index in [4.69, 9.17) is 10.4 Å². The second-order valence-electron chi connectivity index (χ2n) is 5.52. The third-order valence-corrected chi connectivity index (χ3v) is 3.76. The molecule has 7 nitrogen and oxygen atoms in total. The van der Waals surface area contributed by atoms with Crippen molar-refractivity contribution in [2.24, 2.45) is 0 Å². The van der Waals surface area contributed by atoms with Crippen molar-refractivity contribution in [3.05, 3.63) is 47.8 Å². The minimum Gasteiger partial charge on any atom is -0.394 e. The van der Waals surface area contributed by atoms with E-state index in [9.17, 15) is 5.11 Å². The van der Waals surface area contributed by atoms with Gasteiger partial charge in [-0.1, -0.05) is 6.07 Å². The monoisotopic (exact) mass is 323 g/mol. The number of nitrogens with one attached hydrogen (secondary N) is 1. The first-order chi connectivity index (χ1) is 11.6. The van der Waals surface area contributed by atoms with Crippen LogP contribution in [0.15, 0.2) is 36.7 Å². The highest BCUT2D eigenvalue weighted by Crippen LogP contribution is 2.27. The minimum absolute atomic E-state index is 0.229. The fraction of sp³-hybridized carbons (Fsp3) is 0.235. The van der Waals surface area contributed by atoms with Crippen LogP contribution in [0.3, 0.4) is 0 Å². The van der Waals surface area contributed by atoms with Crippen molar-refractivity contribution in [1.82, 2.24) is 14.6 Å². The van der Waals surface area contributed by atoms with Gasteiger partial charge in [0.15, 0.2) is 5.65 Å². The molecule has 1 aromatic carbocycles. The van der Waals surface area contributed by atoms with Crippen molar-refractivity contribution in [2.45, 2.75) is 13.0 Å². The number of nitrogens with zero attached hydrogens (tertiary/aromatic N) is 4. The molecule has 0 aliphatic heterocycles. The molecule has 3 rings (SSSR count). The standard InChI is InChI=1S/C17H17N5O2/c1-11-4-12(7-18)2-3-15(11)16-5-13(19-8-14(24)9-23)6-17-20-10-21-22(16)17/h2-6,10,14,19,23-24H,8-9H2,1H3. The Morgan fingerprint density at radius 1 is 1.33 bits per heavy atom. The Kier molecular flexibility index (Phi) is 4.42. The number of rotatable bonds is 5. The molecule has 3 aromatic rings. The zero-order chi connectivity index (χ0) is 17.1. The van der Waals surface area contributed by atoms with Crippen LogP contribution in [0, 0.1) is 18.3 Å². The third-order valence-electron chi connectivity index (χ3n) is 3.76. The van der Waals surface area contributed by atoms with Gasteiger partial charge in [0.25, 0.3) is 0 Å². The lowest BCUT2D eigenvalue weighted by atomic mass is 10.0. The Morgan fingerprint density at radius 3 is 2.88 bits per heavy atom. The average Bonchev–Trinajstić information content (AvgIpc) is 3.07. The van der Waals surface area contributed by atoms with Crippen molar-refractivity contribution >= 4 is 11.3 Å². The summed E-state index contributed by atoms with van der Waals surface area (Å²) in [5.74, 6) is 0. The lowest BCUT2D eigenvalue weighted by Crippen LogP contribution is -2.23. The van der Waals surface area contributed by atoms with Crippen molar-refractivity contribution in [3.63, 3.8) is 0 Å². The number of anilines is 1. The normalized spacial score (nSPS) is 12.1. The fourth-order valence-corrected chi connectivity index (χ4v) is 2.54. The number of hydrogen-bond acceptors (Lipinski definition) is 6. The lowest BCUT2D eigenvalue weighted by Gasteiger charge is -2.14. The first-order valence-corrected chi connectivity index (χ1v) is 7.50. The van der Waals surface area contributed by atoms with E-state index in [1.807, 2.05) is 31.2 Å². The quantitative estimate of drug-likeness (QED) is 0.654. The van der Waals surface area contributed by atoms with Gasteiger partial charge in [-0.05, 0) is 30.7 Å². The van der Waals surface area contributed by atoms with Crippen molar-refractivity contribution in [2.75, 3.05) is 18.5 Å². The molecule has 7 heteroatoms. The number of benzene rings is 1. The Hall–Kier alpha value is -2.95. The molecule has 0 saturated carbocycles. The topological polar surface area (TPSA) is 106 Å². The van der Waals surface area contributed by atoms with Crippen LogP contribution in [0.25, 0.3) is 16.9 Å². The maximum Gasteiger partial charge on any atom is 0.158 e. The number of hydrogen-bond donors (Lipinski definition) is 3. The molecule has 0 bridgehead atoms. The molecule has 2 aromatic heterocycles. The Labute approximate surface area is 138 Å². The zero-order valence-corrected chi connectivity index (χ0v) is 13.1. The summed E-state index contributed by atoms with van der Waals surface area (Å²) in [6.45, 7) is 1.86. The summed E-state index contributed by atoms with van der Waals surface area (Å²) in [5.41, 5.74) is 4.76. The van der Waals surface area contributed by atoms with Gasteiger partial charge in [-0.2, -0.15) is 10.4 Å². The van der Waals surface area contributed by atoms with E-state index in [1.54, 1.807) is 10.6 Å². The molecule has 3 N–H and O–H groups in total. The number of pyridine rings is 1. The minimum atomic E-state index is -0.834. The summed E-state index contributed by atoms with van der Waals surface area (Å²) in [6, 6.07) is 11.3. The van der Waals surface area contributed by atoms with E-state index in [1.165, 1.54) is 6.33 Å². The molecule has 122 valence electrons. The van der Waals surface area contributed by atoms with E-state index in [2.05, 4.69) is 21.5 Å². The summed E-state index contributed by atoms with van der Waals surface area (Å²) < 4.78 is 1.72. The molecule has 0 amide bonds. The lowest BCUT2D eigenvalue weighted by molar-refractivity contribution is 0.105. The van der Waals surface area contributed by atoms with Gasteiger partial charge in [-0.15, -0.1) is 0 Å². The smallest absolute Gasteiger partial charge is 0.158 e. The van der Waals surface area contributed by atoms with Crippen LogP contribution in [0.5, 0.6) is 0 Å². The highest BCUT2D eigenvalue weighted by atomic mass is 16.3. The van der Waals surface area contributed by atoms with E-state index in [0.717, 1.165) is 22.5 Å². The largest absolute Gasteiger partial charge is 0.394 e. The molecule has 2 heterocycles. The second kappa shape index (κ2) is 6.66. The third kappa shape index (κ3) is 3.06. The molecule has 0 fully saturated rings. The molecule has 0 saturated heterocycles. The number of aryl methyl sites for hydroxylation is 1. The Balaban J connectivity index is 2.06. The molecule has 0 aliphatic carbocycles. The van der Waals surface area contributed by atoms with Gasteiger partial charge < -0.3 is 15.5 Å². The summed E-state index contributed by atoms with van der Waals surface area (Å²) in [4.78, 5) is 4.22. The molecule has 1 atom stereocenters. The van der Waals surface area contributed by atoms with E-state index >= 15 is 0 Å². The number of aliphatic hydroxyl groups is 2. The van der Waals surface area contributed by atoms with Crippen LogP contribution in [0.2, 0.25) is 0 Å². The van der Waals surface area contributed by atoms with Gasteiger partial charge in [0.05, 0.1) is 30.0 Å². The predicted octanol–water partition coefficient (Wildman–Crippen LogP) is 1.34. The van der Waals surface area contributed by atoms with E-state index < -0.39 is 6.10 Å². The number of nitriles is 1. The van der Waals surface area contributed by atoms with Crippen LogP contribution < -0.4 is 5.32 Å². The SMILES string of the molecule is Cc1cc(C#N)ccc1-c1cc(NCC(O)CO)cc2ncnn12. The first-order valence-electron chi connectivity index (χ1n) is 7.50. The maximum atomic E-state index is 9.50. The predicted molar refractivity (Wildman–Crippen MR) is 89.5 cm³/mol. The Morgan fingerprint density at radius 2 is 2.17 bits per heavy atom. The van der Waals surface area contributed by atoms with Crippen LogP contribution in [0.4, 0.5) is 5.69 Å². The van der Waals surface area contributed by atoms with Gasteiger partial charge in [0, 0.05) is 23.9 Å². The molecular weight excluding hydrogens is 306 g/mol.